The molecule has 0 spiro atoms. The number of nitrogens with one attached hydrogen (secondary N) is 1. The van der Waals surface area contributed by atoms with Gasteiger partial charge in [-0.05, 0) is 42.7 Å². The first-order valence-corrected chi connectivity index (χ1v) is 7.60. The number of nitrogens with zero attached hydrogens (tertiary/aromatic N) is 2. The summed E-state index contributed by atoms with van der Waals surface area (Å²) in [5.41, 5.74) is 1.90. The van der Waals surface area contributed by atoms with Crippen LogP contribution < -0.4 is 10.1 Å². The van der Waals surface area contributed by atoms with Gasteiger partial charge in [-0.25, -0.2) is 0 Å². The molecule has 1 aromatic heterocycles. The lowest BCUT2D eigenvalue weighted by Gasteiger charge is -2.09. The Hall–Kier alpha value is -2.01. The summed E-state index contributed by atoms with van der Waals surface area (Å²) in [5, 5.41) is 7.72. The van der Waals surface area contributed by atoms with Gasteiger partial charge in [0.25, 0.3) is 0 Å². The van der Waals surface area contributed by atoms with Crippen LogP contribution >= 0.6 is 11.6 Å². The summed E-state index contributed by atoms with van der Waals surface area (Å²) >= 11 is 5.99. The van der Waals surface area contributed by atoms with Crippen LogP contribution in [0, 0.1) is 0 Å². The average Bonchev–Trinajstić information content (AvgIpc) is 2.95. The topological polar surface area (TPSA) is 56.2 Å². The van der Waals surface area contributed by atoms with Crippen LogP contribution in [-0.2, 0) is 24.2 Å². The van der Waals surface area contributed by atoms with Crippen LogP contribution in [0.3, 0.4) is 0 Å². The van der Waals surface area contributed by atoms with E-state index in [4.69, 9.17) is 16.3 Å². The maximum absolute atomic E-state index is 11.9. The molecule has 1 heterocycles. The van der Waals surface area contributed by atoms with E-state index in [1.54, 1.807) is 24.1 Å². The largest absolute Gasteiger partial charge is 0.496 e. The lowest BCUT2D eigenvalue weighted by molar-refractivity contribution is -0.120. The van der Waals surface area contributed by atoms with Crippen molar-refractivity contribution >= 4 is 17.5 Å². The van der Waals surface area contributed by atoms with Crippen molar-refractivity contribution in [3.05, 3.63) is 46.7 Å². The molecule has 1 aromatic carbocycles. The third kappa shape index (κ3) is 4.49. The van der Waals surface area contributed by atoms with Crippen molar-refractivity contribution in [2.75, 3.05) is 13.7 Å². The molecule has 5 nitrogen and oxygen atoms in total. The predicted molar refractivity (Wildman–Crippen MR) is 86.3 cm³/mol. The number of aryl methyl sites for hydroxylation is 1. The van der Waals surface area contributed by atoms with Crippen molar-refractivity contribution in [1.82, 2.24) is 15.1 Å². The van der Waals surface area contributed by atoms with E-state index in [9.17, 15) is 4.79 Å². The van der Waals surface area contributed by atoms with Crippen LogP contribution in [0.15, 0.2) is 30.6 Å². The molecule has 0 aliphatic rings. The minimum atomic E-state index is -0.0170. The minimum Gasteiger partial charge on any atom is -0.496 e. The Morgan fingerprint density at radius 2 is 2.27 bits per heavy atom. The number of benzene rings is 1. The highest BCUT2D eigenvalue weighted by atomic mass is 35.5. The fraction of sp³-hybridized carbons (Fsp3) is 0.375. The van der Waals surface area contributed by atoms with Crippen LogP contribution in [0.5, 0.6) is 5.75 Å². The standard InChI is InChI=1S/C16H20ClN3O2/c1-3-20-11-12(10-19-20)8-16(21)18-7-6-13-9-14(17)4-5-15(13)22-2/h4-5,9-11H,3,6-8H2,1-2H3,(H,18,21). The first-order valence-electron chi connectivity index (χ1n) is 7.22. The molecule has 0 atom stereocenters. The maximum atomic E-state index is 11.9. The van der Waals surface area contributed by atoms with Gasteiger partial charge in [-0.3, -0.25) is 9.48 Å². The number of rotatable bonds is 7. The van der Waals surface area contributed by atoms with Gasteiger partial charge in [0.1, 0.15) is 5.75 Å². The first-order chi connectivity index (χ1) is 10.6. The summed E-state index contributed by atoms with van der Waals surface area (Å²) in [6, 6.07) is 5.48. The van der Waals surface area contributed by atoms with E-state index >= 15 is 0 Å². The van der Waals surface area contributed by atoms with Gasteiger partial charge < -0.3 is 10.1 Å². The van der Waals surface area contributed by atoms with Crippen molar-refractivity contribution in [2.24, 2.45) is 0 Å². The van der Waals surface area contributed by atoms with Crippen molar-refractivity contribution < 1.29 is 9.53 Å². The minimum absolute atomic E-state index is 0.0170. The molecule has 0 aliphatic heterocycles. The van der Waals surface area contributed by atoms with Crippen molar-refractivity contribution in [2.45, 2.75) is 26.3 Å². The SMILES string of the molecule is CCn1cc(CC(=O)NCCc2cc(Cl)ccc2OC)cn1. The van der Waals surface area contributed by atoms with Crippen LogP contribution in [-0.4, -0.2) is 29.3 Å². The van der Waals surface area contributed by atoms with Crippen molar-refractivity contribution in [3.63, 3.8) is 0 Å². The number of halogens is 1. The lowest BCUT2D eigenvalue weighted by Crippen LogP contribution is -2.27. The molecule has 0 unspecified atom stereocenters. The summed E-state index contributed by atoms with van der Waals surface area (Å²) in [6.45, 7) is 3.35. The quantitative estimate of drug-likeness (QED) is 0.852. The summed E-state index contributed by atoms with van der Waals surface area (Å²) in [6.07, 6.45) is 4.62. The Bertz CT molecular complexity index is 640. The highest BCUT2D eigenvalue weighted by molar-refractivity contribution is 6.30. The Morgan fingerprint density at radius 3 is 2.95 bits per heavy atom. The number of hydrogen-bond donors (Lipinski definition) is 1. The molecule has 0 aliphatic carbocycles. The van der Waals surface area contributed by atoms with Crippen molar-refractivity contribution in [1.29, 1.82) is 0 Å². The van der Waals surface area contributed by atoms with E-state index in [0.29, 0.717) is 24.4 Å². The number of amides is 1. The highest BCUT2D eigenvalue weighted by Gasteiger charge is 2.07. The predicted octanol–water partition coefficient (Wildman–Crippen LogP) is 2.47. The molecular formula is C16H20ClN3O2. The molecule has 2 aromatic rings. The van der Waals surface area contributed by atoms with Crippen molar-refractivity contribution in [3.8, 4) is 5.75 Å². The zero-order valence-corrected chi connectivity index (χ0v) is 13.6. The van der Waals surface area contributed by atoms with E-state index in [-0.39, 0.29) is 5.91 Å². The van der Waals surface area contributed by atoms with Gasteiger partial charge in [0.2, 0.25) is 5.91 Å². The number of ether oxygens (including phenoxy) is 1. The Balaban J connectivity index is 1.83. The number of aromatic nitrogens is 2. The van der Waals surface area contributed by atoms with Gasteiger partial charge in [0, 0.05) is 24.3 Å². The van der Waals surface area contributed by atoms with Crippen LogP contribution in [0.1, 0.15) is 18.1 Å². The molecule has 0 bridgehead atoms. The van der Waals surface area contributed by atoms with Gasteiger partial charge in [0.15, 0.2) is 0 Å². The van der Waals surface area contributed by atoms with E-state index < -0.39 is 0 Å². The van der Waals surface area contributed by atoms with Gasteiger partial charge in [-0.2, -0.15) is 5.10 Å². The van der Waals surface area contributed by atoms with Gasteiger partial charge in [-0.1, -0.05) is 11.6 Å². The van der Waals surface area contributed by atoms with E-state index in [1.807, 2.05) is 25.3 Å². The molecule has 0 radical (unpaired) electrons. The van der Waals surface area contributed by atoms with E-state index in [0.717, 1.165) is 23.4 Å². The molecule has 6 heteroatoms. The van der Waals surface area contributed by atoms with Crippen LogP contribution in [0.25, 0.3) is 0 Å². The monoisotopic (exact) mass is 321 g/mol. The zero-order valence-electron chi connectivity index (χ0n) is 12.8. The summed E-state index contributed by atoms with van der Waals surface area (Å²) in [4.78, 5) is 11.9. The Kier molecular flexibility index (Phi) is 5.83. The number of methoxy groups -OCH3 is 1. The fourth-order valence-electron chi connectivity index (χ4n) is 2.20. The number of hydrogen-bond acceptors (Lipinski definition) is 3. The molecular weight excluding hydrogens is 302 g/mol. The Morgan fingerprint density at radius 1 is 1.45 bits per heavy atom. The number of carbonyl (C=O) groups excluding carboxylic acids is 1. The molecule has 2 rings (SSSR count). The first kappa shape index (κ1) is 16.4. The molecule has 1 N–H and O–H groups in total. The maximum Gasteiger partial charge on any atom is 0.224 e. The van der Waals surface area contributed by atoms with E-state index in [1.165, 1.54) is 0 Å². The second-order valence-electron chi connectivity index (χ2n) is 4.94. The molecule has 1 amide bonds. The molecule has 0 fully saturated rings. The second-order valence-corrected chi connectivity index (χ2v) is 5.37. The zero-order chi connectivity index (χ0) is 15.9. The Labute approximate surface area is 135 Å². The van der Waals surface area contributed by atoms with Gasteiger partial charge in [-0.15, -0.1) is 0 Å². The smallest absolute Gasteiger partial charge is 0.224 e. The molecule has 0 saturated carbocycles. The normalized spacial score (nSPS) is 10.5. The highest BCUT2D eigenvalue weighted by Crippen LogP contribution is 2.22. The molecule has 22 heavy (non-hydrogen) atoms. The van der Waals surface area contributed by atoms with Crippen LogP contribution in [0.2, 0.25) is 5.02 Å². The number of carbonyl (C=O) groups is 1. The molecule has 118 valence electrons. The fourth-order valence-corrected chi connectivity index (χ4v) is 2.39. The van der Waals surface area contributed by atoms with E-state index in [2.05, 4.69) is 10.4 Å². The van der Waals surface area contributed by atoms with Gasteiger partial charge in [0.05, 0.1) is 19.7 Å². The average molecular weight is 322 g/mol. The second kappa shape index (κ2) is 7.84. The summed E-state index contributed by atoms with van der Waals surface area (Å²) < 4.78 is 7.09. The third-order valence-corrected chi connectivity index (χ3v) is 3.57. The summed E-state index contributed by atoms with van der Waals surface area (Å²) in [7, 11) is 1.62. The molecule has 0 saturated heterocycles. The third-order valence-electron chi connectivity index (χ3n) is 3.33. The van der Waals surface area contributed by atoms with Gasteiger partial charge >= 0.3 is 0 Å². The summed E-state index contributed by atoms with van der Waals surface area (Å²) in [5.74, 6) is 0.763. The van der Waals surface area contributed by atoms with Crippen LogP contribution in [0.4, 0.5) is 0 Å². The lowest BCUT2D eigenvalue weighted by atomic mass is 10.1.